The number of hydrogen-bond donors (Lipinski definition) is 1. The average molecular weight is 232 g/mol. The fourth-order valence-electron chi connectivity index (χ4n) is 1.82. The highest BCUT2D eigenvalue weighted by molar-refractivity contribution is 7.20. The molecule has 80 valence electrons. The Kier molecular flexibility index (Phi) is 1.75. The van der Waals surface area contributed by atoms with Crippen molar-refractivity contribution >= 4 is 38.7 Å². The van der Waals surface area contributed by atoms with Gasteiger partial charge in [-0.05, 0) is 6.08 Å². The molecule has 1 N–H and O–H groups in total. The lowest BCUT2D eigenvalue weighted by molar-refractivity contribution is 0.948. The molecule has 16 heavy (non-hydrogen) atoms. The molecule has 0 saturated carbocycles. The molecule has 0 unspecified atom stereocenters. The molecule has 5 nitrogen and oxygen atoms in total. The third kappa shape index (κ3) is 1.02. The maximum Gasteiger partial charge on any atom is 0.288 e. The minimum atomic E-state index is -0.189. The minimum absolute atomic E-state index is 0.189. The molecule has 0 fully saturated rings. The van der Waals surface area contributed by atoms with E-state index in [0.717, 1.165) is 20.7 Å². The summed E-state index contributed by atoms with van der Waals surface area (Å²) in [6, 6.07) is 0. The number of aromatic amines is 1. The standard InChI is InChI=1S/C10H8N4OS/c1-3-6-12-9-8(16-6)5-4-11-13-10(15)7(5)14(9)2/h3-4H,1H2,2H3,(H,13,15). The zero-order valence-corrected chi connectivity index (χ0v) is 9.34. The average Bonchev–Trinajstić information content (AvgIpc) is 2.80. The molecule has 0 radical (unpaired) electrons. The van der Waals surface area contributed by atoms with Crippen LogP contribution in [0.25, 0.3) is 27.3 Å². The lowest BCUT2D eigenvalue weighted by Crippen LogP contribution is -2.10. The first-order valence-electron chi connectivity index (χ1n) is 4.67. The van der Waals surface area contributed by atoms with Crippen LogP contribution in [0.4, 0.5) is 0 Å². The summed E-state index contributed by atoms with van der Waals surface area (Å²) in [6.45, 7) is 3.69. The summed E-state index contributed by atoms with van der Waals surface area (Å²) in [6.07, 6.45) is 3.36. The lowest BCUT2D eigenvalue weighted by Gasteiger charge is -1.93. The highest BCUT2D eigenvalue weighted by Gasteiger charge is 2.15. The van der Waals surface area contributed by atoms with Crippen molar-refractivity contribution in [2.75, 3.05) is 0 Å². The molecule has 3 aromatic heterocycles. The maximum absolute atomic E-state index is 11.6. The van der Waals surface area contributed by atoms with Gasteiger partial charge in [-0.25, -0.2) is 10.1 Å². The van der Waals surface area contributed by atoms with Gasteiger partial charge in [0, 0.05) is 12.4 Å². The van der Waals surface area contributed by atoms with Gasteiger partial charge in [0.25, 0.3) is 5.56 Å². The maximum atomic E-state index is 11.6. The van der Waals surface area contributed by atoms with E-state index in [1.807, 2.05) is 7.05 Å². The summed E-state index contributed by atoms with van der Waals surface area (Å²) in [5, 5.41) is 7.93. The Balaban J connectivity index is 2.63. The Morgan fingerprint density at radius 3 is 3.19 bits per heavy atom. The van der Waals surface area contributed by atoms with Gasteiger partial charge in [0.15, 0.2) is 5.65 Å². The van der Waals surface area contributed by atoms with Crippen LogP contribution in [0, 0.1) is 0 Å². The highest BCUT2D eigenvalue weighted by Crippen LogP contribution is 2.30. The van der Waals surface area contributed by atoms with Crippen molar-refractivity contribution in [2.24, 2.45) is 7.05 Å². The number of fused-ring (bicyclic) bond motifs is 3. The second-order valence-electron chi connectivity index (χ2n) is 3.43. The van der Waals surface area contributed by atoms with E-state index in [4.69, 9.17) is 0 Å². The van der Waals surface area contributed by atoms with Crippen LogP contribution in [-0.2, 0) is 7.05 Å². The number of thiazole rings is 1. The van der Waals surface area contributed by atoms with Crippen LogP contribution in [0.1, 0.15) is 5.01 Å². The van der Waals surface area contributed by atoms with E-state index < -0.39 is 0 Å². The molecule has 3 heterocycles. The molecule has 6 heteroatoms. The normalized spacial score (nSPS) is 11.3. The van der Waals surface area contributed by atoms with Gasteiger partial charge in [-0.3, -0.25) is 4.79 Å². The van der Waals surface area contributed by atoms with Gasteiger partial charge < -0.3 is 4.57 Å². The molecule has 3 rings (SSSR count). The van der Waals surface area contributed by atoms with E-state index in [1.165, 1.54) is 11.3 Å². The Bertz CT molecular complexity index is 764. The monoisotopic (exact) mass is 232 g/mol. The molecule has 3 aromatic rings. The molecule has 0 bridgehead atoms. The largest absolute Gasteiger partial charge is 0.323 e. The zero-order valence-electron chi connectivity index (χ0n) is 8.52. The minimum Gasteiger partial charge on any atom is -0.323 e. The van der Waals surface area contributed by atoms with Gasteiger partial charge in [0.1, 0.15) is 10.5 Å². The molecular weight excluding hydrogens is 224 g/mol. The Morgan fingerprint density at radius 1 is 1.62 bits per heavy atom. The van der Waals surface area contributed by atoms with Gasteiger partial charge >= 0.3 is 0 Å². The van der Waals surface area contributed by atoms with Gasteiger partial charge in [-0.15, -0.1) is 11.3 Å². The van der Waals surface area contributed by atoms with Crippen molar-refractivity contribution in [1.29, 1.82) is 0 Å². The molecule has 0 aliphatic carbocycles. The van der Waals surface area contributed by atoms with Crippen molar-refractivity contribution in [2.45, 2.75) is 0 Å². The third-order valence-corrected chi connectivity index (χ3v) is 3.60. The van der Waals surface area contributed by atoms with E-state index in [0.29, 0.717) is 5.52 Å². The number of nitrogens with one attached hydrogen (secondary N) is 1. The fraction of sp³-hybridized carbons (Fsp3) is 0.100. The summed E-state index contributed by atoms with van der Waals surface area (Å²) >= 11 is 1.51. The number of aryl methyl sites for hydroxylation is 1. The van der Waals surface area contributed by atoms with Crippen LogP contribution < -0.4 is 5.56 Å². The highest BCUT2D eigenvalue weighted by atomic mass is 32.1. The van der Waals surface area contributed by atoms with E-state index in [9.17, 15) is 4.79 Å². The summed E-state index contributed by atoms with van der Waals surface area (Å²) in [5.41, 5.74) is 1.22. The first kappa shape index (κ1) is 9.29. The Hall–Kier alpha value is -1.95. The van der Waals surface area contributed by atoms with Crippen LogP contribution >= 0.6 is 11.3 Å². The van der Waals surface area contributed by atoms with E-state index in [2.05, 4.69) is 21.8 Å². The topological polar surface area (TPSA) is 63.6 Å². The Morgan fingerprint density at radius 2 is 2.44 bits per heavy atom. The van der Waals surface area contributed by atoms with Crippen molar-refractivity contribution < 1.29 is 0 Å². The summed E-state index contributed by atoms with van der Waals surface area (Å²) < 4.78 is 2.76. The van der Waals surface area contributed by atoms with Crippen molar-refractivity contribution in [3.05, 3.63) is 28.1 Å². The van der Waals surface area contributed by atoms with Crippen LogP contribution in [0.3, 0.4) is 0 Å². The Labute approximate surface area is 94.0 Å². The summed E-state index contributed by atoms with van der Waals surface area (Å²) in [5.74, 6) is 0. The van der Waals surface area contributed by atoms with Crippen molar-refractivity contribution in [3.63, 3.8) is 0 Å². The lowest BCUT2D eigenvalue weighted by atomic mass is 10.4. The van der Waals surface area contributed by atoms with Gasteiger partial charge in [-0.1, -0.05) is 6.58 Å². The number of aromatic nitrogens is 4. The third-order valence-electron chi connectivity index (χ3n) is 2.53. The van der Waals surface area contributed by atoms with E-state index >= 15 is 0 Å². The SMILES string of the molecule is C=Cc1nc2c(s1)c1cn[nH]c(=O)c1n2C. The molecule has 0 saturated heterocycles. The van der Waals surface area contributed by atoms with E-state index in [1.54, 1.807) is 16.8 Å². The quantitative estimate of drug-likeness (QED) is 0.691. The van der Waals surface area contributed by atoms with Crippen LogP contribution in [-0.4, -0.2) is 19.7 Å². The number of H-pyrrole nitrogens is 1. The molecule has 0 atom stereocenters. The van der Waals surface area contributed by atoms with Gasteiger partial charge in [0.05, 0.1) is 10.9 Å². The van der Waals surface area contributed by atoms with Gasteiger partial charge in [-0.2, -0.15) is 5.10 Å². The first-order valence-corrected chi connectivity index (χ1v) is 5.49. The second-order valence-corrected chi connectivity index (χ2v) is 4.46. The molecule has 0 aromatic carbocycles. The van der Waals surface area contributed by atoms with Crippen molar-refractivity contribution in [3.8, 4) is 0 Å². The second kappa shape index (κ2) is 3.02. The van der Waals surface area contributed by atoms with Crippen LogP contribution in [0.5, 0.6) is 0 Å². The molecule has 0 aliphatic heterocycles. The summed E-state index contributed by atoms with van der Waals surface area (Å²) in [7, 11) is 1.83. The zero-order chi connectivity index (χ0) is 11.3. The fourth-order valence-corrected chi connectivity index (χ4v) is 2.77. The smallest absolute Gasteiger partial charge is 0.288 e. The summed E-state index contributed by atoms with van der Waals surface area (Å²) in [4.78, 5) is 16.0. The predicted molar refractivity (Wildman–Crippen MR) is 64.6 cm³/mol. The van der Waals surface area contributed by atoms with E-state index in [-0.39, 0.29) is 5.56 Å². The number of rotatable bonds is 1. The number of hydrogen-bond acceptors (Lipinski definition) is 4. The molecule has 0 aliphatic rings. The van der Waals surface area contributed by atoms with Crippen LogP contribution in [0.2, 0.25) is 0 Å². The van der Waals surface area contributed by atoms with Crippen LogP contribution in [0.15, 0.2) is 17.6 Å². The number of nitrogens with zero attached hydrogens (tertiary/aromatic N) is 3. The molecular formula is C10H8N4OS. The first-order chi connectivity index (χ1) is 7.72. The van der Waals surface area contributed by atoms with Gasteiger partial charge in [0.2, 0.25) is 0 Å². The molecule has 0 amide bonds. The molecule has 0 spiro atoms. The van der Waals surface area contributed by atoms with Crippen molar-refractivity contribution in [1.82, 2.24) is 19.7 Å². The predicted octanol–water partition coefficient (Wildman–Crippen LogP) is 1.51.